The highest BCUT2D eigenvalue weighted by Crippen LogP contribution is 2.29. The molecule has 1 aromatic heterocycles. The number of fused-ring (bicyclic) bond motifs is 1. The van der Waals surface area contributed by atoms with Crippen molar-refractivity contribution in [1.29, 1.82) is 0 Å². The topological polar surface area (TPSA) is 24.9 Å². The number of aromatic nitrogens is 1. The van der Waals surface area contributed by atoms with E-state index >= 15 is 0 Å². The second kappa shape index (κ2) is 7.31. The van der Waals surface area contributed by atoms with Crippen LogP contribution in [0.1, 0.15) is 43.0 Å². The van der Waals surface area contributed by atoms with Crippen molar-refractivity contribution in [2.75, 3.05) is 5.32 Å². The summed E-state index contributed by atoms with van der Waals surface area (Å²) in [6.07, 6.45) is 5.80. The quantitative estimate of drug-likeness (QED) is 0.603. The molecule has 2 nitrogen and oxygen atoms in total. The van der Waals surface area contributed by atoms with Crippen LogP contribution < -0.4 is 5.32 Å². The summed E-state index contributed by atoms with van der Waals surface area (Å²) in [4.78, 5) is 4.60. The maximum atomic E-state index is 4.60. The number of para-hydroxylation sites is 1. The number of aryl methyl sites for hydroxylation is 1. The molecule has 0 aliphatic rings. The van der Waals surface area contributed by atoms with Crippen molar-refractivity contribution in [1.82, 2.24) is 4.98 Å². The summed E-state index contributed by atoms with van der Waals surface area (Å²) in [6, 6.07) is 17.3. The summed E-state index contributed by atoms with van der Waals surface area (Å²) in [5, 5.41) is 4.88. The minimum atomic E-state index is 0.239. The van der Waals surface area contributed by atoms with Gasteiger partial charge in [-0.3, -0.25) is 4.98 Å². The average Bonchev–Trinajstić information content (AvgIpc) is 2.65. The lowest BCUT2D eigenvalue weighted by molar-refractivity contribution is 0.753. The van der Waals surface area contributed by atoms with Gasteiger partial charge in [0.15, 0.2) is 0 Å². The van der Waals surface area contributed by atoms with Crippen LogP contribution in [0.15, 0.2) is 61.3 Å². The van der Waals surface area contributed by atoms with Crippen molar-refractivity contribution in [2.24, 2.45) is 0 Å². The number of nitrogens with zero attached hydrogens (tertiary/aromatic N) is 1. The second-order valence-electron chi connectivity index (χ2n) is 6.00. The molecule has 0 saturated carbocycles. The average molecular weight is 316 g/mol. The molecule has 0 aliphatic heterocycles. The molecular weight excluding hydrogens is 292 g/mol. The van der Waals surface area contributed by atoms with Gasteiger partial charge in [0.2, 0.25) is 0 Å². The molecule has 122 valence electrons. The minimum Gasteiger partial charge on any atom is -0.378 e. The molecule has 0 amide bonds. The summed E-state index contributed by atoms with van der Waals surface area (Å²) < 4.78 is 0. The second-order valence-corrected chi connectivity index (χ2v) is 6.00. The Labute approximate surface area is 144 Å². The zero-order valence-electron chi connectivity index (χ0n) is 14.4. The third-order valence-electron chi connectivity index (χ3n) is 4.53. The number of benzene rings is 2. The molecule has 0 saturated heterocycles. The molecule has 0 bridgehead atoms. The molecule has 3 rings (SSSR count). The minimum absolute atomic E-state index is 0.239. The Morgan fingerprint density at radius 3 is 2.71 bits per heavy atom. The van der Waals surface area contributed by atoms with Crippen LogP contribution in [0.5, 0.6) is 0 Å². The van der Waals surface area contributed by atoms with Crippen LogP contribution in [0.3, 0.4) is 0 Å². The van der Waals surface area contributed by atoms with Crippen molar-refractivity contribution >= 4 is 22.7 Å². The monoisotopic (exact) mass is 316 g/mol. The Balaban J connectivity index is 1.96. The van der Waals surface area contributed by atoms with Gasteiger partial charge in [-0.15, -0.1) is 0 Å². The molecule has 0 aliphatic carbocycles. The maximum absolute atomic E-state index is 4.60. The number of nitrogens with one attached hydrogen (secondary N) is 1. The summed E-state index contributed by atoms with van der Waals surface area (Å²) in [5.74, 6) is 0. The Morgan fingerprint density at radius 1 is 1.12 bits per heavy atom. The van der Waals surface area contributed by atoms with Gasteiger partial charge in [-0.2, -0.15) is 0 Å². The van der Waals surface area contributed by atoms with Crippen molar-refractivity contribution in [2.45, 2.75) is 32.7 Å². The molecule has 0 spiro atoms. The lowest BCUT2D eigenvalue weighted by atomic mass is 9.99. The van der Waals surface area contributed by atoms with E-state index in [0.29, 0.717) is 0 Å². The third kappa shape index (κ3) is 3.18. The van der Waals surface area contributed by atoms with Gasteiger partial charge in [-0.05, 0) is 42.2 Å². The van der Waals surface area contributed by atoms with Gasteiger partial charge in [0.05, 0.1) is 11.6 Å². The first-order valence-corrected chi connectivity index (χ1v) is 8.62. The lowest BCUT2D eigenvalue weighted by Crippen LogP contribution is -2.11. The summed E-state index contributed by atoms with van der Waals surface area (Å²) in [5.41, 5.74) is 6.01. The van der Waals surface area contributed by atoms with E-state index in [0.717, 1.165) is 24.0 Å². The van der Waals surface area contributed by atoms with E-state index in [4.69, 9.17) is 0 Å². The van der Waals surface area contributed by atoms with E-state index in [1.54, 1.807) is 0 Å². The number of hydrogen-bond acceptors (Lipinski definition) is 2. The lowest BCUT2D eigenvalue weighted by Gasteiger charge is -2.21. The van der Waals surface area contributed by atoms with Crippen LogP contribution in [-0.4, -0.2) is 4.98 Å². The van der Waals surface area contributed by atoms with Gasteiger partial charge in [0, 0.05) is 22.8 Å². The predicted octanol–water partition coefficient (Wildman–Crippen LogP) is 6.00. The Kier molecular flexibility index (Phi) is 4.95. The number of hydrogen-bond donors (Lipinski definition) is 1. The van der Waals surface area contributed by atoms with Gasteiger partial charge in [-0.25, -0.2) is 0 Å². The van der Waals surface area contributed by atoms with E-state index < -0.39 is 0 Å². The fourth-order valence-corrected chi connectivity index (χ4v) is 3.21. The van der Waals surface area contributed by atoms with Crippen LogP contribution >= 0.6 is 0 Å². The Morgan fingerprint density at radius 2 is 1.96 bits per heavy atom. The van der Waals surface area contributed by atoms with Crippen molar-refractivity contribution < 1.29 is 0 Å². The van der Waals surface area contributed by atoms with E-state index in [1.165, 1.54) is 22.1 Å². The highest BCUT2D eigenvalue weighted by Gasteiger charge is 2.13. The number of anilines is 1. The molecule has 2 aromatic carbocycles. The zero-order chi connectivity index (χ0) is 16.9. The first-order valence-electron chi connectivity index (χ1n) is 8.62. The van der Waals surface area contributed by atoms with E-state index in [-0.39, 0.29) is 6.04 Å². The Hall–Kier alpha value is -2.61. The highest BCUT2D eigenvalue weighted by molar-refractivity contribution is 5.82. The molecule has 0 radical (unpaired) electrons. The maximum Gasteiger partial charge on any atom is 0.0754 e. The largest absolute Gasteiger partial charge is 0.378 e. The van der Waals surface area contributed by atoms with Crippen LogP contribution in [0.2, 0.25) is 0 Å². The third-order valence-corrected chi connectivity index (χ3v) is 4.53. The van der Waals surface area contributed by atoms with Gasteiger partial charge in [0.25, 0.3) is 0 Å². The molecule has 24 heavy (non-hydrogen) atoms. The smallest absolute Gasteiger partial charge is 0.0754 e. The van der Waals surface area contributed by atoms with Crippen LogP contribution in [0.4, 0.5) is 5.69 Å². The van der Waals surface area contributed by atoms with Crippen molar-refractivity contribution in [3.05, 3.63) is 78.0 Å². The molecule has 1 atom stereocenters. The summed E-state index contributed by atoms with van der Waals surface area (Å²) in [6.45, 7) is 8.28. The van der Waals surface area contributed by atoms with Crippen molar-refractivity contribution in [3.8, 4) is 0 Å². The molecule has 3 aromatic rings. The fourth-order valence-electron chi connectivity index (χ4n) is 3.21. The number of rotatable bonds is 6. The highest BCUT2D eigenvalue weighted by atomic mass is 14.9. The van der Waals surface area contributed by atoms with E-state index in [9.17, 15) is 0 Å². The van der Waals surface area contributed by atoms with E-state index in [1.807, 2.05) is 18.3 Å². The zero-order valence-corrected chi connectivity index (χ0v) is 14.4. The summed E-state index contributed by atoms with van der Waals surface area (Å²) in [7, 11) is 0. The van der Waals surface area contributed by atoms with Crippen LogP contribution in [0.25, 0.3) is 17.0 Å². The number of pyridine rings is 1. The first kappa shape index (κ1) is 16.3. The Bertz CT molecular complexity index is 846. The molecule has 1 heterocycles. The van der Waals surface area contributed by atoms with Gasteiger partial charge >= 0.3 is 0 Å². The van der Waals surface area contributed by atoms with Gasteiger partial charge < -0.3 is 5.32 Å². The molecule has 0 fully saturated rings. The summed E-state index contributed by atoms with van der Waals surface area (Å²) >= 11 is 0. The standard InChI is InChI=1S/C22H24N2/c1-4-16-12-13-19(15-17(16)5-2)24-21(6-3)20-11-7-9-18-10-8-14-23-22(18)20/h4,7-15,21,24H,1,5-6H2,2-3H3. The fraction of sp³-hybridized carbons (Fsp3) is 0.227. The molecule has 2 heteroatoms. The van der Waals surface area contributed by atoms with Crippen LogP contribution in [0, 0.1) is 0 Å². The molecule has 1 unspecified atom stereocenters. The first-order chi connectivity index (χ1) is 11.8. The van der Waals surface area contributed by atoms with Gasteiger partial charge in [0.1, 0.15) is 0 Å². The molecular formula is C22H24N2. The molecule has 1 N–H and O–H groups in total. The predicted molar refractivity (Wildman–Crippen MR) is 104 cm³/mol. The van der Waals surface area contributed by atoms with Crippen LogP contribution in [-0.2, 0) is 6.42 Å². The normalized spacial score (nSPS) is 12.1. The van der Waals surface area contributed by atoms with Gasteiger partial charge in [-0.1, -0.05) is 56.8 Å². The SMILES string of the molecule is C=Cc1ccc(NC(CC)c2cccc3cccnc23)cc1CC. The van der Waals surface area contributed by atoms with E-state index in [2.05, 4.69) is 73.2 Å². The van der Waals surface area contributed by atoms with Crippen molar-refractivity contribution in [3.63, 3.8) is 0 Å².